The molecule has 52 heavy (non-hydrogen) atoms. The van der Waals surface area contributed by atoms with Crippen LogP contribution in [0.15, 0.2) is 103 Å². The van der Waals surface area contributed by atoms with Crippen LogP contribution in [0.4, 0.5) is 0 Å². The predicted octanol–water partition coefficient (Wildman–Crippen LogP) is 12.9. The molecule has 0 unspecified atom stereocenters. The number of hydrogen-bond acceptors (Lipinski definition) is 3. The number of benzene rings is 5. The van der Waals surface area contributed by atoms with Crippen LogP contribution in [0.2, 0.25) is 19.6 Å². The molecule has 267 valence electrons. The van der Waals surface area contributed by atoms with Gasteiger partial charge in [0.1, 0.15) is 0 Å². The maximum atomic E-state index is 8.44. The van der Waals surface area contributed by atoms with Gasteiger partial charge in [0, 0.05) is 43.8 Å². The summed E-state index contributed by atoms with van der Waals surface area (Å²) in [5.74, 6) is 0.920. The molecular weight excluding hydrogens is 847 g/mol. The Hall–Kier alpha value is -3.93. The summed E-state index contributed by atoms with van der Waals surface area (Å²) < 4.78 is 13.4. The standard InChI is InChI=1S/C29H25N2S.C17H22NSi.Ir/c1-17(2)20-12-14-22-23-10-7-11-24(28(23)32-26(22)16-20)29-30-27-21-9-6-5-8-19(21)13-15-25(27)31(29)18(3)4;1-13(2)15-11-16(14-9-7-6-8-10-14)18-12-17(15)19(3,4)5;/h5-10,12-18H,1-4H3;6-9,11-13H,1-5H3;/q2*-1;/i;13D;. The van der Waals surface area contributed by atoms with E-state index in [-0.39, 0.29) is 20.1 Å². The van der Waals surface area contributed by atoms with Gasteiger partial charge in [-0.3, -0.25) is 4.98 Å². The Morgan fingerprint density at radius 3 is 2.25 bits per heavy atom. The van der Waals surface area contributed by atoms with Crippen LogP contribution < -0.4 is 5.19 Å². The smallest absolute Gasteiger partial charge is 0.0849 e. The van der Waals surface area contributed by atoms with Crippen molar-refractivity contribution < 1.29 is 21.5 Å². The van der Waals surface area contributed by atoms with Gasteiger partial charge in [0.2, 0.25) is 0 Å². The summed E-state index contributed by atoms with van der Waals surface area (Å²) in [5, 5.41) is 6.32. The first-order chi connectivity index (χ1) is 24.7. The molecule has 3 nitrogen and oxygen atoms in total. The Morgan fingerprint density at radius 1 is 0.788 bits per heavy atom. The molecule has 0 atom stereocenters. The Kier molecular flexibility index (Phi) is 10.6. The third-order valence-corrected chi connectivity index (χ3v) is 12.9. The van der Waals surface area contributed by atoms with Gasteiger partial charge < -0.3 is 9.55 Å². The normalized spacial score (nSPS) is 12.4. The monoisotopic (exact) mass is 895 g/mol. The quantitative estimate of drug-likeness (QED) is 0.123. The van der Waals surface area contributed by atoms with Gasteiger partial charge in [-0.25, -0.2) is 0 Å². The van der Waals surface area contributed by atoms with Crippen molar-refractivity contribution in [2.75, 3.05) is 0 Å². The predicted molar refractivity (Wildman–Crippen MR) is 224 cm³/mol. The molecule has 8 rings (SSSR count). The minimum absolute atomic E-state index is 0. The molecule has 8 aromatic rings. The fraction of sp³-hybridized carbons (Fsp3) is 0.261. The number of hydrogen-bond donors (Lipinski definition) is 0. The molecule has 0 N–H and O–H groups in total. The average molecular weight is 895 g/mol. The average Bonchev–Trinajstić information content (AvgIpc) is 3.70. The van der Waals surface area contributed by atoms with Gasteiger partial charge >= 0.3 is 0 Å². The molecule has 0 aliphatic rings. The zero-order chi connectivity index (χ0) is 36.9. The molecular formula is C46H47IrN3SSi-2. The molecule has 0 aliphatic carbocycles. The first-order valence-corrected chi connectivity index (χ1v) is 22.3. The first kappa shape index (κ1) is 36.4. The molecule has 0 spiro atoms. The third kappa shape index (κ3) is 7.19. The van der Waals surface area contributed by atoms with Crippen molar-refractivity contribution in [2.24, 2.45) is 0 Å². The molecule has 3 aromatic heterocycles. The number of imidazole rings is 1. The Labute approximate surface area is 328 Å². The molecule has 0 saturated heterocycles. The van der Waals surface area contributed by atoms with Crippen LogP contribution in [0.3, 0.4) is 0 Å². The van der Waals surface area contributed by atoms with Gasteiger partial charge in [-0.2, -0.15) is 11.3 Å². The van der Waals surface area contributed by atoms with Crippen LogP contribution in [0, 0.1) is 12.1 Å². The van der Waals surface area contributed by atoms with E-state index in [0.29, 0.717) is 12.0 Å². The minimum atomic E-state index is -1.50. The molecule has 5 aromatic carbocycles. The number of rotatable bonds is 6. The van der Waals surface area contributed by atoms with E-state index in [1.165, 1.54) is 47.2 Å². The summed E-state index contributed by atoms with van der Waals surface area (Å²) in [7, 11) is -1.50. The van der Waals surface area contributed by atoms with Crippen molar-refractivity contribution in [2.45, 2.75) is 79.0 Å². The van der Waals surface area contributed by atoms with Gasteiger partial charge in [0.05, 0.1) is 24.9 Å². The Balaban J connectivity index is 0.000000199. The van der Waals surface area contributed by atoms with E-state index in [1.807, 2.05) is 55.6 Å². The van der Waals surface area contributed by atoms with E-state index in [9.17, 15) is 0 Å². The number of nitrogens with zero attached hydrogens (tertiary/aromatic N) is 3. The molecule has 6 heteroatoms. The van der Waals surface area contributed by atoms with Crippen LogP contribution in [-0.2, 0) is 20.1 Å². The molecule has 0 saturated carbocycles. The van der Waals surface area contributed by atoms with Gasteiger partial charge in [-0.05, 0) is 69.7 Å². The van der Waals surface area contributed by atoms with Crippen molar-refractivity contribution in [3.63, 3.8) is 0 Å². The van der Waals surface area contributed by atoms with Crippen LogP contribution in [0.25, 0.3) is 64.6 Å². The molecule has 0 fully saturated rings. The number of fused-ring (bicyclic) bond motifs is 6. The van der Waals surface area contributed by atoms with E-state index < -0.39 is 14.0 Å². The van der Waals surface area contributed by atoms with Crippen LogP contribution in [0.5, 0.6) is 0 Å². The number of aromatic nitrogens is 3. The van der Waals surface area contributed by atoms with Crippen LogP contribution >= 0.6 is 11.3 Å². The Bertz CT molecular complexity index is 2560. The topological polar surface area (TPSA) is 30.7 Å². The van der Waals surface area contributed by atoms with E-state index in [0.717, 1.165) is 33.7 Å². The van der Waals surface area contributed by atoms with Crippen molar-refractivity contribution in [1.82, 2.24) is 14.5 Å². The summed E-state index contributed by atoms with van der Waals surface area (Å²) in [5.41, 5.74) is 7.73. The van der Waals surface area contributed by atoms with Gasteiger partial charge in [-0.1, -0.05) is 112 Å². The van der Waals surface area contributed by atoms with E-state index in [2.05, 4.69) is 142 Å². The SMILES string of the molecule is CC(C)c1ccc2c(c1)sc1c(-c3nc4c5ccccc5ccc4n3C(C)C)[c-]ccc12.[2H]C(C)(C)c1cc(-c2[c-]cccc2)ncc1[Si](C)(C)C.[Ir]. The van der Waals surface area contributed by atoms with Gasteiger partial charge in [-0.15, -0.1) is 54.1 Å². The summed E-state index contributed by atoms with van der Waals surface area (Å²) in [6.45, 7) is 19.8. The second-order valence-electron chi connectivity index (χ2n) is 15.3. The van der Waals surface area contributed by atoms with Crippen molar-refractivity contribution >= 4 is 66.6 Å². The molecule has 0 bridgehead atoms. The first-order valence-electron chi connectivity index (χ1n) is 18.5. The zero-order valence-electron chi connectivity index (χ0n) is 32.6. The van der Waals surface area contributed by atoms with E-state index in [4.69, 9.17) is 6.35 Å². The summed E-state index contributed by atoms with van der Waals surface area (Å²) in [4.78, 5) is 9.85. The second-order valence-corrected chi connectivity index (χ2v) is 21.4. The van der Waals surface area contributed by atoms with E-state index in [1.54, 1.807) is 0 Å². The number of thiophene rings is 1. The van der Waals surface area contributed by atoms with E-state index >= 15 is 0 Å². The fourth-order valence-electron chi connectivity index (χ4n) is 6.98. The zero-order valence-corrected chi connectivity index (χ0v) is 35.8. The maximum Gasteiger partial charge on any atom is 0.0849 e. The largest absolute Gasteiger partial charge is 0.362 e. The van der Waals surface area contributed by atoms with Crippen molar-refractivity contribution in [3.05, 3.63) is 127 Å². The molecule has 0 amide bonds. The summed E-state index contributed by atoms with van der Waals surface area (Å²) >= 11 is 1.86. The summed E-state index contributed by atoms with van der Waals surface area (Å²) in [6, 6.07) is 41.1. The summed E-state index contributed by atoms with van der Waals surface area (Å²) in [6.07, 6.45) is 1.98. The van der Waals surface area contributed by atoms with Crippen molar-refractivity contribution in [3.8, 4) is 22.6 Å². The maximum absolute atomic E-state index is 8.44. The Morgan fingerprint density at radius 2 is 1.56 bits per heavy atom. The number of pyridine rings is 1. The van der Waals surface area contributed by atoms with Gasteiger partial charge in [0.15, 0.2) is 0 Å². The minimum Gasteiger partial charge on any atom is -0.362 e. The molecule has 3 heterocycles. The molecule has 1 radical (unpaired) electrons. The second kappa shape index (κ2) is 15.2. The van der Waals surface area contributed by atoms with Crippen LogP contribution in [-0.4, -0.2) is 22.6 Å². The molecule has 0 aliphatic heterocycles. The van der Waals surface area contributed by atoms with Crippen molar-refractivity contribution in [1.29, 1.82) is 0 Å². The third-order valence-electron chi connectivity index (χ3n) is 9.68. The fourth-order valence-corrected chi connectivity index (χ4v) is 9.80. The van der Waals surface area contributed by atoms with Crippen LogP contribution in [0.1, 0.15) is 71.9 Å². The van der Waals surface area contributed by atoms with Gasteiger partial charge in [0.25, 0.3) is 0 Å².